The Morgan fingerprint density at radius 2 is 2.19 bits per heavy atom. The van der Waals surface area contributed by atoms with Crippen LogP contribution in [0.4, 0.5) is 0 Å². The van der Waals surface area contributed by atoms with Gasteiger partial charge in [-0.1, -0.05) is 18.5 Å². The van der Waals surface area contributed by atoms with Gasteiger partial charge < -0.3 is 14.4 Å². The van der Waals surface area contributed by atoms with E-state index in [0.29, 0.717) is 18.2 Å². The molecule has 0 saturated carbocycles. The summed E-state index contributed by atoms with van der Waals surface area (Å²) in [6, 6.07) is 5.51. The van der Waals surface area contributed by atoms with Crippen molar-refractivity contribution in [3.05, 3.63) is 27.7 Å². The van der Waals surface area contributed by atoms with E-state index in [1.807, 2.05) is 18.2 Å². The molecule has 0 unspecified atom stereocenters. The number of rotatable bonds is 7. The molecule has 21 heavy (non-hydrogen) atoms. The van der Waals surface area contributed by atoms with Crippen molar-refractivity contribution in [1.29, 1.82) is 0 Å². The number of ether oxygens (including phenoxy) is 2. The van der Waals surface area contributed by atoms with Gasteiger partial charge in [0.2, 0.25) is 0 Å². The predicted molar refractivity (Wildman–Crippen MR) is 90.3 cm³/mol. The Morgan fingerprint density at radius 1 is 1.33 bits per heavy atom. The molecule has 1 heterocycles. The van der Waals surface area contributed by atoms with Gasteiger partial charge in [0.25, 0.3) is 0 Å². The molecule has 118 valence electrons. The fraction of sp³-hybridized carbons (Fsp3) is 0.625. The second kappa shape index (κ2) is 8.99. The van der Waals surface area contributed by atoms with Gasteiger partial charge in [-0.15, -0.1) is 0 Å². The fourth-order valence-corrected chi connectivity index (χ4v) is 3.39. The zero-order valence-corrected chi connectivity index (χ0v) is 14.8. The van der Waals surface area contributed by atoms with Crippen LogP contribution >= 0.6 is 27.5 Å². The molecule has 0 radical (unpaired) electrons. The molecule has 1 atom stereocenters. The highest BCUT2D eigenvalue weighted by Gasteiger charge is 2.15. The number of hydrogen-bond donors (Lipinski definition) is 0. The molecule has 2 rings (SSSR count). The van der Waals surface area contributed by atoms with Crippen LogP contribution < -0.4 is 4.74 Å². The maximum atomic E-state index is 5.89. The molecule has 1 aromatic rings. The van der Waals surface area contributed by atoms with E-state index < -0.39 is 0 Å². The Balaban J connectivity index is 1.55. The van der Waals surface area contributed by atoms with Crippen LogP contribution in [0, 0.1) is 5.92 Å². The minimum absolute atomic E-state index is 0.552. The van der Waals surface area contributed by atoms with E-state index in [1.54, 1.807) is 0 Å². The average Bonchev–Trinajstić information content (AvgIpc) is 2.44. The summed E-state index contributed by atoms with van der Waals surface area (Å²) in [6.45, 7) is 7.70. The van der Waals surface area contributed by atoms with E-state index in [0.717, 1.165) is 29.3 Å². The normalized spacial score (nSPS) is 19.7. The minimum atomic E-state index is 0.552. The molecule has 3 nitrogen and oxygen atoms in total. The Bertz CT molecular complexity index is 444. The van der Waals surface area contributed by atoms with E-state index in [4.69, 9.17) is 21.1 Å². The van der Waals surface area contributed by atoms with Gasteiger partial charge >= 0.3 is 0 Å². The van der Waals surface area contributed by atoms with Gasteiger partial charge in [-0.2, -0.15) is 0 Å². The lowest BCUT2D eigenvalue weighted by Gasteiger charge is -2.30. The second-order valence-corrected chi connectivity index (χ2v) is 6.87. The van der Waals surface area contributed by atoms with Crippen LogP contribution in [0.3, 0.4) is 0 Å². The molecule has 1 aliphatic rings. The van der Waals surface area contributed by atoms with Gasteiger partial charge in [0.1, 0.15) is 12.4 Å². The highest BCUT2D eigenvalue weighted by atomic mass is 79.9. The largest absolute Gasteiger partial charge is 0.490 e. The third-order valence-corrected chi connectivity index (χ3v) is 4.53. The summed E-state index contributed by atoms with van der Waals surface area (Å²) in [5.74, 6) is 1.62. The summed E-state index contributed by atoms with van der Waals surface area (Å²) >= 11 is 9.32. The molecule has 5 heteroatoms. The predicted octanol–water partition coefficient (Wildman–Crippen LogP) is 4.23. The Morgan fingerprint density at radius 3 is 2.95 bits per heavy atom. The molecule has 1 aromatic carbocycles. The molecule has 0 amide bonds. The quantitative estimate of drug-likeness (QED) is 0.665. The summed E-state index contributed by atoms with van der Waals surface area (Å²) < 4.78 is 12.2. The van der Waals surface area contributed by atoms with Crippen LogP contribution in [-0.4, -0.2) is 44.4 Å². The van der Waals surface area contributed by atoms with Crippen molar-refractivity contribution in [2.45, 2.75) is 19.8 Å². The topological polar surface area (TPSA) is 21.7 Å². The van der Waals surface area contributed by atoms with Crippen molar-refractivity contribution in [1.82, 2.24) is 4.90 Å². The molecular formula is C16H23BrClNO2. The van der Waals surface area contributed by atoms with Crippen LogP contribution in [0.5, 0.6) is 5.75 Å². The van der Waals surface area contributed by atoms with Crippen LogP contribution in [0.15, 0.2) is 22.7 Å². The van der Waals surface area contributed by atoms with E-state index in [1.165, 1.54) is 25.9 Å². The van der Waals surface area contributed by atoms with Gasteiger partial charge in [0.05, 0.1) is 17.7 Å². The van der Waals surface area contributed by atoms with E-state index in [2.05, 4.69) is 27.8 Å². The van der Waals surface area contributed by atoms with Gasteiger partial charge in [-0.3, -0.25) is 0 Å². The first-order valence-corrected chi connectivity index (χ1v) is 8.70. The van der Waals surface area contributed by atoms with Crippen molar-refractivity contribution in [2.75, 3.05) is 39.5 Å². The highest BCUT2D eigenvalue weighted by Crippen LogP contribution is 2.27. The van der Waals surface area contributed by atoms with Crippen LogP contribution in [0.25, 0.3) is 0 Å². The summed E-state index contributed by atoms with van der Waals surface area (Å²) in [5, 5.41) is 0.696. The lowest BCUT2D eigenvalue weighted by molar-refractivity contribution is 0.0687. The lowest BCUT2D eigenvalue weighted by Crippen LogP contribution is -2.36. The van der Waals surface area contributed by atoms with Crippen LogP contribution in [0.2, 0.25) is 5.02 Å². The first kappa shape index (κ1) is 17.1. The van der Waals surface area contributed by atoms with Crippen molar-refractivity contribution in [2.24, 2.45) is 5.92 Å². The summed E-state index contributed by atoms with van der Waals surface area (Å²) in [5.41, 5.74) is 0. The van der Waals surface area contributed by atoms with E-state index in [9.17, 15) is 0 Å². The number of piperidine rings is 1. The van der Waals surface area contributed by atoms with E-state index >= 15 is 0 Å². The summed E-state index contributed by atoms with van der Waals surface area (Å²) in [4.78, 5) is 2.49. The van der Waals surface area contributed by atoms with Crippen molar-refractivity contribution in [3.8, 4) is 5.75 Å². The number of nitrogens with zero attached hydrogens (tertiary/aromatic N) is 1. The van der Waals surface area contributed by atoms with Crippen molar-refractivity contribution < 1.29 is 9.47 Å². The molecule has 0 aliphatic carbocycles. The number of likely N-dealkylation sites (tertiary alicyclic amines) is 1. The first-order chi connectivity index (χ1) is 10.1. The Hall–Kier alpha value is -0.290. The molecule has 1 fully saturated rings. The van der Waals surface area contributed by atoms with Crippen molar-refractivity contribution in [3.63, 3.8) is 0 Å². The Labute approximate surface area is 140 Å². The second-order valence-electron chi connectivity index (χ2n) is 5.58. The minimum Gasteiger partial charge on any atom is -0.490 e. The van der Waals surface area contributed by atoms with Gasteiger partial charge in [0.15, 0.2) is 0 Å². The molecule has 0 bridgehead atoms. The maximum Gasteiger partial charge on any atom is 0.133 e. The number of benzene rings is 1. The first-order valence-electron chi connectivity index (χ1n) is 7.53. The molecule has 1 saturated heterocycles. The zero-order valence-electron chi connectivity index (χ0n) is 12.5. The number of hydrogen-bond acceptors (Lipinski definition) is 3. The van der Waals surface area contributed by atoms with Gasteiger partial charge in [-0.05, 0) is 59.4 Å². The SMILES string of the molecule is C[C@H]1CCCN(CCOCCOc2ccc(Cl)cc2Br)C1. The summed E-state index contributed by atoms with van der Waals surface area (Å²) in [6.07, 6.45) is 2.68. The Kier molecular flexibility index (Phi) is 7.30. The maximum absolute atomic E-state index is 5.89. The monoisotopic (exact) mass is 375 g/mol. The molecule has 0 spiro atoms. The molecular weight excluding hydrogens is 354 g/mol. The third-order valence-electron chi connectivity index (χ3n) is 3.67. The number of halogens is 2. The average molecular weight is 377 g/mol. The summed E-state index contributed by atoms with van der Waals surface area (Å²) in [7, 11) is 0. The smallest absolute Gasteiger partial charge is 0.133 e. The third kappa shape index (κ3) is 6.15. The fourth-order valence-electron chi connectivity index (χ4n) is 2.59. The lowest BCUT2D eigenvalue weighted by atomic mass is 10.0. The van der Waals surface area contributed by atoms with Crippen molar-refractivity contribution >= 4 is 27.5 Å². The standard InChI is InChI=1S/C16H23BrClNO2/c1-13-3-2-6-19(12-13)7-8-20-9-10-21-16-5-4-14(18)11-15(16)17/h4-5,11,13H,2-3,6-10,12H2,1H3/t13-/m0/s1. The zero-order chi connectivity index (χ0) is 15.1. The van der Waals surface area contributed by atoms with E-state index in [-0.39, 0.29) is 0 Å². The molecule has 0 N–H and O–H groups in total. The van der Waals surface area contributed by atoms with Crippen LogP contribution in [0.1, 0.15) is 19.8 Å². The van der Waals surface area contributed by atoms with Gasteiger partial charge in [-0.25, -0.2) is 0 Å². The highest BCUT2D eigenvalue weighted by molar-refractivity contribution is 9.10. The molecule has 0 aromatic heterocycles. The van der Waals surface area contributed by atoms with Gasteiger partial charge in [0, 0.05) is 18.1 Å². The molecule has 1 aliphatic heterocycles. The van der Waals surface area contributed by atoms with Crippen LogP contribution in [-0.2, 0) is 4.74 Å².